The Morgan fingerprint density at radius 2 is 2.33 bits per heavy atom. The number of carboxylic acid groups (broad SMARTS) is 1. The SMILES string of the molecule is CCc1ccc2nc(C(=O)O)c(Br)n2n1. The van der Waals surface area contributed by atoms with E-state index in [4.69, 9.17) is 5.11 Å². The summed E-state index contributed by atoms with van der Waals surface area (Å²) in [5, 5.41) is 13.1. The molecule has 0 saturated carbocycles. The molecule has 1 N–H and O–H groups in total. The van der Waals surface area contributed by atoms with Gasteiger partial charge in [-0.05, 0) is 34.5 Å². The first-order valence-electron chi connectivity index (χ1n) is 4.41. The number of hydrogen-bond donors (Lipinski definition) is 1. The van der Waals surface area contributed by atoms with Gasteiger partial charge in [-0.15, -0.1) is 0 Å². The number of nitrogens with zero attached hydrogens (tertiary/aromatic N) is 3. The lowest BCUT2D eigenvalue weighted by Crippen LogP contribution is -1.99. The highest BCUT2D eigenvalue weighted by molar-refractivity contribution is 9.10. The highest BCUT2D eigenvalue weighted by Crippen LogP contribution is 2.18. The molecule has 2 aromatic rings. The summed E-state index contributed by atoms with van der Waals surface area (Å²) < 4.78 is 1.86. The van der Waals surface area contributed by atoms with Crippen molar-refractivity contribution in [1.82, 2.24) is 14.6 Å². The average molecular weight is 270 g/mol. The standard InChI is InChI=1S/C9H8BrN3O2/c1-2-5-3-4-6-11-7(9(14)15)8(10)13(6)12-5/h3-4H,2H2,1H3,(H,14,15). The molecular weight excluding hydrogens is 262 g/mol. The third kappa shape index (κ3) is 1.61. The Balaban J connectivity index is 2.72. The van der Waals surface area contributed by atoms with Crippen LogP contribution in [-0.4, -0.2) is 25.7 Å². The molecule has 6 heteroatoms. The van der Waals surface area contributed by atoms with E-state index in [-0.39, 0.29) is 5.69 Å². The predicted molar refractivity (Wildman–Crippen MR) is 57.0 cm³/mol. The number of fused-ring (bicyclic) bond motifs is 1. The van der Waals surface area contributed by atoms with Crippen LogP contribution in [0.3, 0.4) is 0 Å². The van der Waals surface area contributed by atoms with Crippen molar-refractivity contribution in [2.75, 3.05) is 0 Å². The van der Waals surface area contributed by atoms with Crippen molar-refractivity contribution in [2.45, 2.75) is 13.3 Å². The van der Waals surface area contributed by atoms with Crippen molar-refractivity contribution < 1.29 is 9.90 Å². The number of aryl methyl sites for hydroxylation is 1. The Morgan fingerprint density at radius 3 is 2.93 bits per heavy atom. The van der Waals surface area contributed by atoms with Crippen LogP contribution >= 0.6 is 15.9 Å². The van der Waals surface area contributed by atoms with E-state index in [1.54, 1.807) is 6.07 Å². The monoisotopic (exact) mass is 269 g/mol. The highest BCUT2D eigenvalue weighted by atomic mass is 79.9. The molecule has 0 aliphatic heterocycles. The fraction of sp³-hybridized carbons (Fsp3) is 0.222. The first-order chi connectivity index (χ1) is 7.13. The summed E-state index contributed by atoms with van der Waals surface area (Å²) >= 11 is 3.17. The van der Waals surface area contributed by atoms with Gasteiger partial charge in [0.15, 0.2) is 11.3 Å². The lowest BCUT2D eigenvalue weighted by atomic mass is 10.3. The summed E-state index contributed by atoms with van der Waals surface area (Å²) in [6.45, 7) is 1.98. The summed E-state index contributed by atoms with van der Waals surface area (Å²) in [5.41, 5.74) is 1.39. The van der Waals surface area contributed by atoms with Gasteiger partial charge in [0.05, 0.1) is 5.69 Å². The zero-order valence-corrected chi connectivity index (χ0v) is 9.52. The van der Waals surface area contributed by atoms with E-state index < -0.39 is 5.97 Å². The topological polar surface area (TPSA) is 67.5 Å². The van der Waals surface area contributed by atoms with Gasteiger partial charge in [-0.1, -0.05) is 6.92 Å². The van der Waals surface area contributed by atoms with Crippen molar-refractivity contribution in [3.8, 4) is 0 Å². The molecule has 2 aromatic heterocycles. The molecule has 2 heterocycles. The molecule has 0 aliphatic rings. The Bertz CT molecular complexity index is 535. The first-order valence-corrected chi connectivity index (χ1v) is 5.20. The van der Waals surface area contributed by atoms with Gasteiger partial charge in [-0.2, -0.15) is 5.10 Å². The number of halogens is 1. The highest BCUT2D eigenvalue weighted by Gasteiger charge is 2.16. The van der Waals surface area contributed by atoms with Crippen molar-refractivity contribution >= 4 is 27.5 Å². The van der Waals surface area contributed by atoms with E-state index in [1.807, 2.05) is 13.0 Å². The second-order valence-corrected chi connectivity index (χ2v) is 3.76. The van der Waals surface area contributed by atoms with E-state index >= 15 is 0 Å². The summed E-state index contributed by atoms with van der Waals surface area (Å²) in [4.78, 5) is 14.8. The zero-order chi connectivity index (χ0) is 11.0. The van der Waals surface area contributed by atoms with Crippen molar-refractivity contribution in [1.29, 1.82) is 0 Å². The Hall–Kier alpha value is -1.43. The fourth-order valence-electron chi connectivity index (χ4n) is 1.27. The van der Waals surface area contributed by atoms with Gasteiger partial charge in [0.25, 0.3) is 0 Å². The minimum absolute atomic E-state index is 0.0178. The van der Waals surface area contributed by atoms with Crippen LogP contribution in [0.5, 0.6) is 0 Å². The summed E-state index contributed by atoms with van der Waals surface area (Å²) in [6, 6.07) is 3.59. The second kappa shape index (κ2) is 3.62. The number of imidazole rings is 1. The van der Waals surface area contributed by atoms with Crippen LogP contribution in [0, 0.1) is 0 Å². The van der Waals surface area contributed by atoms with E-state index in [1.165, 1.54) is 4.52 Å². The van der Waals surface area contributed by atoms with Gasteiger partial charge < -0.3 is 5.11 Å². The summed E-state index contributed by atoms with van der Waals surface area (Å²) in [6.07, 6.45) is 0.795. The predicted octanol–water partition coefficient (Wildman–Crippen LogP) is 1.75. The zero-order valence-electron chi connectivity index (χ0n) is 7.94. The third-order valence-electron chi connectivity index (χ3n) is 2.04. The van der Waals surface area contributed by atoms with Crippen LogP contribution < -0.4 is 0 Å². The second-order valence-electron chi connectivity index (χ2n) is 3.00. The van der Waals surface area contributed by atoms with Gasteiger partial charge in [0.1, 0.15) is 4.60 Å². The van der Waals surface area contributed by atoms with Gasteiger partial charge in [0, 0.05) is 0 Å². The molecule has 0 aromatic carbocycles. The normalized spacial score (nSPS) is 10.8. The van der Waals surface area contributed by atoms with Crippen LogP contribution in [0.25, 0.3) is 5.65 Å². The third-order valence-corrected chi connectivity index (χ3v) is 2.75. The molecule has 0 spiro atoms. The lowest BCUT2D eigenvalue weighted by Gasteiger charge is -1.97. The van der Waals surface area contributed by atoms with Gasteiger partial charge in [0.2, 0.25) is 0 Å². The van der Waals surface area contributed by atoms with Crippen LogP contribution in [0.2, 0.25) is 0 Å². The maximum Gasteiger partial charge on any atom is 0.357 e. The number of carbonyl (C=O) groups is 1. The largest absolute Gasteiger partial charge is 0.476 e. The minimum Gasteiger partial charge on any atom is -0.476 e. The van der Waals surface area contributed by atoms with Gasteiger partial charge in [-0.25, -0.2) is 14.3 Å². The number of carboxylic acids is 1. The Labute approximate surface area is 93.9 Å². The van der Waals surface area contributed by atoms with Crippen LogP contribution in [-0.2, 0) is 6.42 Å². The van der Waals surface area contributed by atoms with E-state index in [9.17, 15) is 4.79 Å². The van der Waals surface area contributed by atoms with E-state index in [2.05, 4.69) is 26.0 Å². The molecule has 0 aliphatic carbocycles. The smallest absolute Gasteiger partial charge is 0.357 e. The molecule has 0 atom stereocenters. The molecule has 0 bridgehead atoms. The van der Waals surface area contributed by atoms with Gasteiger partial charge >= 0.3 is 5.97 Å². The molecule has 0 radical (unpaired) electrons. The molecule has 78 valence electrons. The maximum atomic E-state index is 10.8. The summed E-state index contributed by atoms with van der Waals surface area (Å²) in [7, 11) is 0. The average Bonchev–Trinajstić information content (AvgIpc) is 2.56. The Morgan fingerprint density at radius 1 is 1.60 bits per heavy atom. The molecule has 0 unspecified atom stereocenters. The number of aromatic carboxylic acids is 1. The number of rotatable bonds is 2. The van der Waals surface area contributed by atoms with Crippen LogP contribution in [0.4, 0.5) is 0 Å². The fourth-order valence-corrected chi connectivity index (χ4v) is 1.79. The van der Waals surface area contributed by atoms with Crippen molar-refractivity contribution in [3.63, 3.8) is 0 Å². The maximum absolute atomic E-state index is 10.8. The minimum atomic E-state index is -1.06. The molecule has 5 nitrogen and oxygen atoms in total. The van der Waals surface area contributed by atoms with Crippen molar-refractivity contribution in [3.05, 3.63) is 28.1 Å². The molecule has 0 saturated heterocycles. The molecule has 0 amide bonds. The van der Waals surface area contributed by atoms with Crippen molar-refractivity contribution in [2.24, 2.45) is 0 Å². The number of aromatic nitrogens is 3. The molecule has 0 fully saturated rings. The quantitative estimate of drug-likeness (QED) is 0.902. The molecule has 2 rings (SSSR count). The van der Waals surface area contributed by atoms with E-state index in [0.29, 0.717) is 10.3 Å². The number of hydrogen-bond acceptors (Lipinski definition) is 3. The molecular formula is C9H8BrN3O2. The van der Waals surface area contributed by atoms with E-state index in [0.717, 1.165) is 12.1 Å². The summed E-state index contributed by atoms with van der Waals surface area (Å²) in [5.74, 6) is -1.06. The lowest BCUT2D eigenvalue weighted by molar-refractivity contribution is 0.0690. The first kappa shape index (κ1) is 10.1. The Kier molecular flexibility index (Phi) is 2.44. The van der Waals surface area contributed by atoms with Crippen LogP contribution in [0.1, 0.15) is 23.1 Å². The molecule has 15 heavy (non-hydrogen) atoms. The van der Waals surface area contributed by atoms with Crippen LogP contribution in [0.15, 0.2) is 16.7 Å². The van der Waals surface area contributed by atoms with Gasteiger partial charge in [-0.3, -0.25) is 0 Å².